The number of carbonyl (C=O) groups is 3. The van der Waals surface area contributed by atoms with Gasteiger partial charge in [0.25, 0.3) is 0 Å². The van der Waals surface area contributed by atoms with Crippen molar-refractivity contribution in [3.63, 3.8) is 0 Å². The standard InChI is InChI=1S/C16H20N2O5/c1-4-22-15(20)11-12(10-8-6-7-9-17-10)18(3)13(14(11)19)16(21)23-5-2/h6-9,11-13H,4-5H2,1-3H3. The van der Waals surface area contributed by atoms with Crippen molar-refractivity contribution in [2.75, 3.05) is 20.3 Å². The van der Waals surface area contributed by atoms with Crippen molar-refractivity contribution in [2.45, 2.75) is 25.9 Å². The summed E-state index contributed by atoms with van der Waals surface area (Å²) in [7, 11) is 1.61. The lowest BCUT2D eigenvalue weighted by atomic mass is 9.95. The molecule has 2 rings (SSSR count). The van der Waals surface area contributed by atoms with Crippen molar-refractivity contribution in [1.29, 1.82) is 0 Å². The average molecular weight is 320 g/mol. The Bertz CT molecular complexity index is 589. The Hall–Kier alpha value is -2.28. The van der Waals surface area contributed by atoms with E-state index in [-0.39, 0.29) is 13.2 Å². The van der Waals surface area contributed by atoms with Gasteiger partial charge in [-0.3, -0.25) is 19.5 Å². The number of rotatable bonds is 5. The summed E-state index contributed by atoms with van der Waals surface area (Å²) in [5.41, 5.74) is 0.535. The van der Waals surface area contributed by atoms with Crippen molar-refractivity contribution >= 4 is 17.7 Å². The molecule has 1 saturated heterocycles. The van der Waals surface area contributed by atoms with Gasteiger partial charge < -0.3 is 9.47 Å². The van der Waals surface area contributed by atoms with E-state index in [0.717, 1.165) is 0 Å². The number of Topliss-reactive ketones (excluding diaryl/α,β-unsaturated/α-hetero) is 1. The van der Waals surface area contributed by atoms with E-state index >= 15 is 0 Å². The highest BCUT2D eigenvalue weighted by Crippen LogP contribution is 2.37. The lowest BCUT2D eigenvalue weighted by Crippen LogP contribution is -2.39. The van der Waals surface area contributed by atoms with Crippen molar-refractivity contribution in [1.82, 2.24) is 9.88 Å². The number of likely N-dealkylation sites (N-methyl/N-ethyl adjacent to an activating group) is 1. The Balaban J connectivity index is 2.41. The van der Waals surface area contributed by atoms with Crippen LogP contribution in [0.2, 0.25) is 0 Å². The molecule has 3 unspecified atom stereocenters. The smallest absolute Gasteiger partial charge is 0.331 e. The maximum Gasteiger partial charge on any atom is 0.331 e. The summed E-state index contributed by atoms with van der Waals surface area (Å²) in [5.74, 6) is -2.91. The number of hydrogen-bond donors (Lipinski definition) is 0. The second-order valence-electron chi connectivity index (χ2n) is 5.15. The number of esters is 2. The van der Waals surface area contributed by atoms with Crippen molar-refractivity contribution in [3.8, 4) is 0 Å². The molecule has 2 heterocycles. The Morgan fingerprint density at radius 1 is 1.17 bits per heavy atom. The third-order valence-corrected chi connectivity index (χ3v) is 3.78. The molecule has 1 aliphatic heterocycles. The first kappa shape index (κ1) is 17.1. The van der Waals surface area contributed by atoms with E-state index in [1.165, 1.54) is 4.90 Å². The molecule has 0 amide bonds. The van der Waals surface area contributed by atoms with Gasteiger partial charge in [0.1, 0.15) is 5.92 Å². The molecule has 3 atom stereocenters. The summed E-state index contributed by atoms with van der Waals surface area (Å²) in [6.07, 6.45) is 1.58. The molecule has 124 valence electrons. The zero-order valence-corrected chi connectivity index (χ0v) is 13.4. The lowest BCUT2D eigenvalue weighted by molar-refractivity contribution is -0.152. The van der Waals surface area contributed by atoms with Gasteiger partial charge in [-0.25, -0.2) is 4.79 Å². The van der Waals surface area contributed by atoms with Gasteiger partial charge in [-0.05, 0) is 33.0 Å². The van der Waals surface area contributed by atoms with Crippen molar-refractivity contribution in [2.24, 2.45) is 5.92 Å². The Morgan fingerprint density at radius 3 is 2.39 bits per heavy atom. The van der Waals surface area contributed by atoms with Crippen LogP contribution in [0.4, 0.5) is 0 Å². The molecule has 0 radical (unpaired) electrons. The molecule has 1 aliphatic rings. The van der Waals surface area contributed by atoms with Gasteiger partial charge in [0.15, 0.2) is 11.8 Å². The first-order valence-electron chi connectivity index (χ1n) is 7.52. The molecule has 23 heavy (non-hydrogen) atoms. The predicted molar refractivity (Wildman–Crippen MR) is 80.3 cm³/mol. The molecule has 1 aromatic heterocycles. The molecular formula is C16H20N2O5. The summed E-state index contributed by atoms with van der Waals surface area (Å²) in [6.45, 7) is 3.65. The number of ether oxygens (including phenoxy) is 2. The predicted octanol–water partition coefficient (Wildman–Crippen LogP) is 0.748. The summed E-state index contributed by atoms with van der Waals surface area (Å²) < 4.78 is 9.98. The fourth-order valence-corrected chi connectivity index (χ4v) is 2.83. The van der Waals surface area contributed by atoms with Crippen LogP contribution < -0.4 is 0 Å². The van der Waals surface area contributed by atoms with Crippen LogP contribution in [-0.4, -0.2) is 53.9 Å². The Labute approximate surface area is 134 Å². The number of hydrogen-bond acceptors (Lipinski definition) is 7. The van der Waals surface area contributed by atoms with E-state index in [2.05, 4.69) is 4.98 Å². The normalized spacial score (nSPS) is 24.5. The molecule has 7 nitrogen and oxygen atoms in total. The van der Waals surface area contributed by atoms with E-state index in [0.29, 0.717) is 5.69 Å². The van der Waals surface area contributed by atoms with E-state index < -0.39 is 35.7 Å². The zero-order chi connectivity index (χ0) is 17.0. The molecule has 0 saturated carbocycles. The molecule has 1 fully saturated rings. The van der Waals surface area contributed by atoms with Gasteiger partial charge in [0.2, 0.25) is 0 Å². The van der Waals surface area contributed by atoms with E-state index in [1.54, 1.807) is 45.3 Å². The molecular weight excluding hydrogens is 300 g/mol. The van der Waals surface area contributed by atoms with Crippen LogP contribution in [0.5, 0.6) is 0 Å². The average Bonchev–Trinajstić information content (AvgIpc) is 2.79. The highest BCUT2D eigenvalue weighted by molar-refractivity contribution is 6.13. The molecule has 0 aliphatic carbocycles. The van der Waals surface area contributed by atoms with E-state index in [1.807, 2.05) is 0 Å². The summed E-state index contributed by atoms with van der Waals surface area (Å²) in [4.78, 5) is 42.8. The van der Waals surface area contributed by atoms with Crippen LogP contribution in [-0.2, 0) is 23.9 Å². The quantitative estimate of drug-likeness (QED) is 0.584. The third kappa shape index (κ3) is 3.24. The number of likely N-dealkylation sites (tertiary alicyclic amines) is 1. The van der Waals surface area contributed by atoms with Crippen LogP contribution in [0, 0.1) is 5.92 Å². The summed E-state index contributed by atoms with van der Waals surface area (Å²) in [5, 5.41) is 0. The zero-order valence-electron chi connectivity index (χ0n) is 13.4. The van der Waals surface area contributed by atoms with Gasteiger partial charge in [-0.2, -0.15) is 0 Å². The maximum absolute atomic E-state index is 12.7. The number of ketones is 1. The fourth-order valence-electron chi connectivity index (χ4n) is 2.83. The van der Waals surface area contributed by atoms with Crippen LogP contribution in [0.1, 0.15) is 25.6 Å². The Morgan fingerprint density at radius 2 is 1.83 bits per heavy atom. The van der Waals surface area contributed by atoms with Crippen LogP contribution in [0.3, 0.4) is 0 Å². The largest absolute Gasteiger partial charge is 0.465 e. The summed E-state index contributed by atoms with van der Waals surface area (Å²) >= 11 is 0. The van der Waals surface area contributed by atoms with E-state index in [4.69, 9.17) is 9.47 Å². The Kier molecular flexibility index (Phi) is 5.44. The summed E-state index contributed by atoms with van der Waals surface area (Å²) in [6, 6.07) is 3.44. The van der Waals surface area contributed by atoms with Gasteiger partial charge >= 0.3 is 11.9 Å². The molecule has 0 aromatic carbocycles. The number of nitrogens with zero attached hydrogens (tertiary/aromatic N) is 2. The molecule has 0 N–H and O–H groups in total. The second kappa shape index (κ2) is 7.32. The second-order valence-corrected chi connectivity index (χ2v) is 5.15. The molecule has 1 aromatic rings. The van der Waals surface area contributed by atoms with Gasteiger partial charge in [0, 0.05) is 6.20 Å². The van der Waals surface area contributed by atoms with Crippen molar-refractivity contribution < 1.29 is 23.9 Å². The minimum atomic E-state index is -1.13. The SMILES string of the molecule is CCOC(=O)C1C(=O)C(C(=O)OCC)N(C)C1c1ccccn1. The third-order valence-electron chi connectivity index (χ3n) is 3.78. The number of aromatic nitrogens is 1. The minimum absolute atomic E-state index is 0.158. The maximum atomic E-state index is 12.7. The van der Waals surface area contributed by atoms with Crippen LogP contribution in [0.15, 0.2) is 24.4 Å². The first-order valence-corrected chi connectivity index (χ1v) is 7.52. The molecule has 7 heteroatoms. The molecule has 0 bridgehead atoms. The highest BCUT2D eigenvalue weighted by Gasteiger charge is 2.55. The van der Waals surface area contributed by atoms with Gasteiger partial charge in [0.05, 0.1) is 24.9 Å². The van der Waals surface area contributed by atoms with Crippen LogP contribution >= 0.6 is 0 Å². The minimum Gasteiger partial charge on any atom is -0.465 e. The number of carbonyl (C=O) groups excluding carboxylic acids is 3. The van der Waals surface area contributed by atoms with E-state index in [9.17, 15) is 14.4 Å². The molecule has 0 spiro atoms. The number of pyridine rings is 1. The van der Waals surface area contributed by atoms with Crippen molar-refractivity contribution in [3.05, 3.63) is 30.1 Å². The topological polar surface area (TPSA) is 85.8 Å². The first-order chi connectivity index (χ1) is 11.0. The fraction of sp³-hybridized carbons (Fsp3) is 0.500. The highest BCUT2D eigenvalue weighted by atomic mass is 16.5. The lowest BCUT2D eigenvalue weighted by Gasteiger charge is -2.24. The van der Waals surface area contributed by atoms with Gasteiger partial charge in [-0.15, -0.1) is 0 Å². The monoisotopic (exact) mass is 320 g/mol. The van der Waals surface area contributed by atoms with Gasteiger partial charge in [-0.1, -0.05) is 6.07 Å². The van der Waals surface area contributed by atoms with Crippen LogP contribution in [0.25, 0.3) is 0 Å².